The van der Waals surface area contributed by atoms with Gasteiger partial charge in [0, 0.05) is 18.3 Å². The van der Waals surface area contributed by atoms with Crippen LogP contribution in [0.3, 0.4) is 0 Å². The Balaban J connectivity index is 1.55. The van der Waals surface area contributed by atoms with Crippen molar-refractivity contribution in [1.29, 1.82) is 0 Å². The maximum atomic E-state index is 6.44. The lowest BCUT2D eigenvalue weighted by Crippen LogP contribution is -2.66. The smallest absolute Gasteiger partial charge is 0.235 e. The molecule has 5 aliphatic rings. The summed E-state index contributed by atoms with van der Waals surface area (Å²) in [6, 6.07) is 10.3. The summed E-state index contributed by atoms with van der Waals surface area (Å²) in [5.74, 6) is 1.41. The summed E-state index contributed by atoms with van der Waals surface area (Å²) in [5.41, 5.74) is 1.88. The van der Waals surface area contributed by atoms with Gasteiger partial charge < -0.3 is 9.47 Å². The molecule has 6 rings (SSSR count). The summed E-state index contributed by atoms with van der Waals surface area (Å²) in [5, 5.41) is 0. The van der Waals surface area contributed by atoms with Crippen LogP contribution in [0.25, 0.3) is 6.08 Å². The van der Waals surface area contributed by atoms with Crippen LogP contribution in [0.2, 0.25) is 0 Å². The van der Waals surface area contributed by atoms with Gasteiger partial charge in [-0.25, -0.2) is 9.78 Å². The Labute approximate surface area is 161 Å². The zero-order valence-corrected chi connectivity index (χ0v) is 16.3. The van der Waals surface area contributed by atoms with E-state index in [1.165, 1.54) is 12.0 Å². The van der Waals surface area contributed by atoms with E-state index < -0.39 is 17.7 Å². The summed E-state index contributed by atoms with van der Waals surface area (Å²) in [6.07, 6.45) is 7.94. The van der Waals surface area contributed by atoms with Gasteiger partial charge in [0.1, 0.15) is 5.76 Å². The molecule has 144 valence electrons. The predicted molar refractivity (Wildman–Crippen MR) is 102 cm³/mol. The van der Waals surface area contributed by atoms with Crippen molar-refractivity contribution < 1.29 is 19.2 Å². The predicted octanol–water partition coefficient (Wildman–Crippen LogP) is 5.22. The Bertz CT molecular complexity index is 785. The highest BCUT2D eigenvalue weighted by molar-refractivity contribution is 5.52. The van der Waals surface area contributed by atoms with E-state index in [9.17, 15) is 0 Å². The molecule has 3 saturated heterocycles. The van der Waals surface area contributed by atoms with Crippen molar-refractivity contribution in [2.45, 2.75) is 64.1 Å². The average Bonchev–Trinajstić information content (AvgIpc) is 2.90. The third-order valence-electron chi connectivity index (χ3n) is 7.09. The van der Waals surface area contributed by atoms with Crippen molar-refractivity contribution >= 4 is 6.08 Å². The molecule has 0 radical (unpaired) electrons. The number of hydrogen-bond donors (Lipinski definition) is 0. The van der Waals surface area contributed by atoms with Gasteiger partial charge in [0.2, 0.25) is 12.1 Å². The largest absolute Gasteiger partial charge is 0.462 e. The Morgan fingerprint density at radius 2 is 1.85 bits per heavy atom. The van der Waals surface area contributed by atoms with Crippen LogP contribution in [0.1, 0.15) is 52.0 Å². The normalized spacial score (nSPS) is 43.4. The molecule has 4 aliphatic heterocycles. The van der Waals surface area contributed by atoms with E-state index in [4.69, 9.17) is 19.2 Å². The van der Waals surface area contributed by atoms with Crippen LogP contribution in [-0.4, -0.2) is 17.7 Å². The maximum absolute atomic E-state index is 6.44. The van der Waals surface area contributed by atoms with Crippen LogP contribution in [0.4, 0.5) is 0 Å². The molecule has 1 aliphatic carbocycles. The van der Waals surface area contributed by atoms with Gasteiger partial charge >= 0.3 is 0 Å². The van der Waals surface area contributed by atoms with Crippen molar-refractivity contribution in [3.05, 3.63) is 53.3 Å². The van der Waals surface area contributed by atoms with Crippen molar-refractivity contribution in [2.75, 3.05) is 0 Å². The number of ether oxygens (including phenoxy) is 2. The second-order valence-electron chi connectivity index (χ2n) is 8.77. The van der Waals surface area contributed by atoms with Crippen LogP contribution in [0.5, 0.6) is 0 Å². The lowest BCUT2D eigenvalue weighted by molar-refractivity contribution is -0.555. The lowest BCUT2D eigenvalue weighted by Gasteiger charge is -2.57. The zero-order chi connectivity index (χ0) is 18.6. The fraction of sp³-hybridized carbons (Fsp3) is 0.565. The van der Waals surface area contributed by atoms with E-state index in [0.29, 0.717) is 11.8 Å². The molecular formula is C23H28O4. The molecule has 4 heterocycles. The minimum Gasteiger partial charge on any atom is -0.462 e. The second kappa shape index (κ2) is 6.20. The van der Waals surface area contributed by atoms with Gasteiger partial charge in [0.25, 0.3) is 0 Å². The van der Waals surface area contributed by atoms with Crippen LogP contribution in [0, 0.1) is 17.8 Å². The Morgan fingerprint density at radius 1 is 1.04 bits per heavy atom. The van der Waals surface area contributed by atoms with E-state index in [-0.39, 0.29) is 5.92 Å². The van der Waals surface area contributed by atoms with E-state index in [1.54, 1.807) is 0 Å². The molecule has 0 N–H and O–H groups in total. The van der Waals surface area contributed by atoms with Gasteiger partial charge in [-0.15, -0.1) is 0 Å². The fourth-order valence-electron chi connectivity index (χ4n) is 5.54. The maximum Gasteiger partial charge on any atom is 0.235 e. The van der Waals surface area contributed by atoms with Crippen molar-refractivity contribution in [2.24, 2.45) is 17.8 Å². The molecule has 6 atom stereocenters. The molecule has 1 spiro atoms. The van der Waals surface area contributed by atoms with Gasteiger partial charge in [-0.2, -0.15) is 0 Å². The second-order valence-corrected chi connectivity index (χ2v) is 8.77. The van der Waals surface area contributed by atoms with Crippen LogP contribution in [-0.2, 0) is 19.2 Å². The Morgan fingerprint density at radius 3 is 2.67 bits per heavy atom. The van der Waals surface area contributed by atoms with Crippen LogP contribution < -0.4 is 0 Å². The molecule has 4 nitrogen and oxygen atoms in total. The summed E-state index contributed by atoms with van der Waals surface area (Å²) < 4.78 is 12.8. The zero-order valence-electron chi connectivity index (χ0n) is 16.3. The van der Waals surface area contributed by atoms with Gasteiger partial charge in [-0.1, -0.05) is 43.3 Å². The summed E-state index contributed by atoms with van der Waals surface area (Å²) in [7, 11) is 0. The van der Waals surface area contributed by atoms with Gasteiger partial charge in [-0.3, -0.25) is 0 Å². The summed E-state index contributed by atoms with van der Waals surface area (Å²) in [4.78, 5) is 12.0. The van der Waals surface area contributed by atoms with Crippen molar-refractivity contribution in [1.82, 2.24) is 0 Å². The Hall–Kier alpha value is -1.62. The SMILES string of the molecule is CC1=C(/C=C/c2ccccc2)O[C@@H]2O[C@@]3(C)CC[C@H]4[C@H](C)CC[C@@H]1[C@@]24OO3. The number of rotatable bonds is 2. The molecule has 1 saturated carbocycles. The molecule has 0 amide bonds. The van der Waals surface area contributed by atoms with Crippen molar-refractivity contribution in [3.8, 4) is 0 Å². The molecule has 1 aromatic carbocycles. The van der Waals surface area contributed by atoms with Crippen LogP contribution in [0.15, 0.2) is 47.7 Å². The first-order chi connectivity index (χ1) is 13.0. The molecule has 0 unspecified atom stereocenters. The highest BCUT2D eigenvalue weighted by atomic mass is 17.3. The highest BCUT2D eigenvalue weighted by Crippen LogP contribution is 2.60. The lowest BCUT2D eigenvalue weighted by atomic mass is 9.59. The van der Waals surface area contributed by atoms with Crippen LogP contribution >= 0.6 is 0 Å². The summed E-state index contributed by atoms with van der Waals surface area (Å²) >= 11 is 0. The molecular weight excluding hydrogens is 340 g/mol. The van der Waals surface area contributed by atoms with Gasteiger partial charge in [-0.05, 0) is 56.2 Å². The standard InChI is InChI=1S/C23H28O4/c1-15-9-11-19-16(2)20(12-10-17-7-5-4-6-8-17)24-21-23(19)18(15)13-14-22(3,25-21)26-27-23/h4-8,10,12,15,18-19,21H,9,11,13-14H2,1-3H3/b12-10+/t15-,18+,19+,21-,22-,23-/m1/s1. The number of fused-ring (bicyclic) bond motifs is 2. The monoisotopic (exact) mass is 368 g/mol. The van der Waals surface area contributed by atoms with E-state index in [1.807, 2.05) is 25.1 Å². The average molecular weight is 368 g/mol. The van der Waals surface area contributed by atoms with E-state index >= 15 is 0 Å². The molecule has 4 heteroatoms. The Kier molecular flexibility index (Phi) is 4.01. The molecule has 2 bridgehead atoms. The highest BCUT2D eigenvalue weighted by Gasteiger charge is 2.68. The number of hydrogen-bond acceptors (Lipinski definition) is 4. The van der Waals surface area contributed by atoms with E-state index in [2.05, 4.69) is 38.1 Å². The fourth-order valence-corrected chi connectivity index (χ4v) is 5.54. The molecule has 4 fully saturated rings. The number of benzene rings is 1. The van der Waals surface area contributed by atoms with E-state index in [0.717, 1.165) is 30.6 Å². The first-order valence-electron chi connectivity index (χ1n) is 10.2. The van der Waals surface area contributed by atoms with Gasteiger partial charge in [0.15, 0.2) is 5.60 Å². The third kappa shape index (κ3) is 2.61. The third-order valence-corrected chi connectivity index (χ3v) is 7.09. The minimum absolute atomic E-state index is 0.260. The summed E-state index contributed by atoms with van der Waals surface area (Å²) in [6.45, 7) is 6.47. The molecule has 27 heavy (non-hydrogen) atoms. The minimum atomic E-state index is -0.725. The van der Waals surface area contributed by atoms with Crippen molar-refractivity contribution in [3.63, 3.8) is 0 Å². The quantitative estimate of drug-likeness (QED) is 0.671. The number of allylic oxidation sites excluding steroid dienone is 1. The first-order valence-corrected chi connectivity index (χ1v) is 10.2. The molecule has 1 aromatic rings. The first kappa shape index (κ1) is 17.5. The topological polar surface area (TPSA) is 36.9 Å². The van der Waals surface area contributed by atoms with Gasteiger partial charge in [0.05, 0.1) is 0 Å². The molecule has 0 aromatic heterocycles.